The molecule has 3 rings (SSSR count). The topological polar surface area (TPSA) is 74.0 Å². The first kappa shape index (κ1) is 16.1. The number of benzene rings is 2. The number of ether oxygens (including phenoxy) is 3. The second-order valence-corrected chi connectivity index (χ2v) is 5.52. The molecule has 1 aliphatic heterocycles. The maximum absolute atomic E-state index is 12.4. The second-order valence-electron chi connectivity index (χ2n) is 5.52. The number of rotatable bonds is 5. The Hall–Kier alpha value is -2.73. The first-order valence-electron chi connectivity index (χ1n) is 7.54. The van der Waals surface area contributed by atoms with E-state index in [9.17, 15) is 4.79 Å². The minimum absolute atomic E-state index is 0.133. The molecule has 1 aliphatic rings. The Balaban J connectivity index is 1.97. The molecule has 0 aromatic heterocycles. The van der Waals surface area contributed by atoms with E-state index in [1.165, 1.54) is 0 Å². The SMILES string of the molecule is COc1ccc(C2C(N)C(=O)N2c2cc(OC)cc(OC)c2)cc1. The standard InChI is InChI=1S/C18H20N2O4/c1-22-13-6-4-11(5-7-13)17-16(19)18(21)20(17)12-8-14(23-2)10-15(9-12)24-3/h4-10,16-17H,19H2,1-3H3. The molecule has 2 aromatic carbocycles. The molecule has 2 atom stereocenters. The summed E-state index contributed by atoms with van der Waals surface area (Å²) >= 11 is 0. The molecule has 2 aromatic rings. The van der Waals surface area contributed by atoms with E-state index in [0.29, 0.717) is 17.2 Å². The van der Waals surface area contributed by atoms with Gasteiger partial charge < -0.3 is 24.8 Å². The zero-order valence-electron chi connectivity index (χ0n) is 13.9. The Kier molecular flexibility index (Phi) is 4.31. The predicted molar refractivity (Wildman–Crippen MR) is 90.7 cm³/mol. The number of β-lactam (4-membered cyclic amide) rings is 1. The van der Waals surface area contributed by atoms with Crippen LogP contribution in [0, 0.1) is 0 Å². The van der Waals surface area contributed by atoms with Crippen LogP contribution in [0.3, 0.4) is 0 Å². The summed E-state index contributed by atoms with van der Waals surface area (Å²) in [6.07, 6.45) is 0. The lowest BCUT2D eigenvalue weighted by Gasteiger charge is -2.45. The van der Waals surface area contributed by atoms with Gasteiger partial charge in [-0.3, -0.25) is 4.79 Å². The van der Waals surface area contributed by atoms with Crippen molar-refractivity contribution in [1.29, 1.82) is 0 Å². The van der Waals surface area contributed by atoms with Crippen LogP contribution in [-0.2, 0) is 4.79 Å². The molecule has 0 saturated carbocycles. The Bertz CT molecular complexity index is 723. The molecule has 0 aliphatic carbocycles. The molecule has 2 N–H and O–H groups in total. The number of carbonyl (C=O) groups is 1. The third-order valence-corrected chi connectivity index (χ3v) is 4.21. The van der Waals surface area contributed by atoms with Gasteiger partial charge in [-0.05, 0) is 17.7 Å². The highest BCUT2D eigenvalue weighted by molar-refractivity contribution is 6.05. The van der Waals surface area contributed by atoms with E-state index in [-0.39, 0.29) is 11.9 Å². The molecule has 1 fully saturated rings. The van der Waals surface area contributed by atoms with Crippen molar-refractivity contribution < 1.29 is 19.0 Å². The molecular weight excluding hydrogens is 308 g/mol. The molecular formula is C18H20N2O4. The van der Waals surface area contributed by atoms with Crippen molar-refractivity contribution in [1.82, 2.24) is 0 Å². The summed E-state index contributed by atoms with van der Waals surface area (Å²) in [7, 11) is 4.76. The average Bonchev–Trinajstić information content (AvgIpc) is 2.64. The second kappa shape index (κ2) is 6.41. The Labute approximate surface area is 140 Å². The van der Waals surface area contributed by atoms with Crippen LogP contribution >= 0.6 is 0 Å². The van der Waals surface area contributed by atoms with Crippen molar-refractivity contribution in [3.8, 4) is 17.2 Å². The Morgan fingerprint density at radius 3 is 1.92 bits per heavy atom. The highest BCUT2D eigenvalue weighted by Gasteiger charge is 2.46. The number of hydrogen-bond acceptors (Lipinski definition) is 5. The minimum Gasteiger partial charge on any atom is -0.497 e. The lowest BCUT2D eigenvalue weighted by atomic mass is 9.88. The van der Waals surface area contributed by atoms with Crippen molar-refractivity contribution in [3.63, 3.8) is 0 Å². The summed E-state index contributed by atoms with van der Waals surface area (Å²) in [5.41, 5.74) is 7.69. The van der Waals surface area contributed by atoms with Crippen molar-refractivity contribution in [2.45, 2.75) is 12.1 Å². The molecule has 1 heterocycles. The zero-order valence-corrected chi connectivity index (χ0v) is 13.9. The van der Waals surface area contributed by atoms with Gasteiger partial charge in [0.25, 0.3) is 0 Å². The first-order valence-corrected chi connectivity index (χ1v) is 7.54. The third kappa shape index (κ3) is 2.65. The van der Waals surface area contributed by atoms with Crippen LogP contribution in [-0.4, -0.2) is 33.3 Å². The predicted octanol–water partition coefficient (Wildman–Crippen LogP) is 2.13. The zero-order chi connectivity index (χ0) is 17.3. The fourth-order valence-corrected chi connectivity index (χ4v) is 2.89. The van der Waals surface area contributed by atoms with Gasteiger partial charge in [-0.25, -0.2) is 0 Å². The van der Waals surface area contributed by atoms with Crippen LogP contribution in [0.4, 0.5) is 5.69 Å². The van der Waals surface area contributed by atoms with Gasteiger partial charge in [-0.2, -0.15) is 0 Å². The normalized spacial score (nSPS) is 19.7. The van der Waals surface area contributed by atoms with Crippen LogP contribution in [0.2, 0.25) is 0 Å². The Morgan fingerprint density at radius 2 is 1.42 bits per heavy atom. The van der Waals surface area contributed by atoms with E-state index in [0.717, 1.165) is 11.3 Å². The maximum atomic E-state index is 12.4. The molecule has 1 saturated heterocycles. The smallest absolute Gasteiger partial charge is 0.247 e. The van der Waals surface area contributed by atoms with E-state index in [1.54, 1.807) is 44.4 Å². The summed E-state index contributed by atoms with van der Waals surface area (Å²) < 4.78 is 15.7. The third-order valence-electron chi connectivity index (χ3n) is 4.21. The summed E-state index contributed by atoms with van der Waals surface area (Å²) in [6, 6.07) is 12.1. The van der Waals surface area contributed by atoms with Crippen LogP contribution in [0.5, 0.6) is 17.2 Å². The quantitative estimate of drug-likeness (QED) is 0.851. The van der Waals surface area contributed by atoms with Crippen LogP contribution in [0.15, 0.2) is 42.5 Å². The molecule has 24 heavy (non-hydrogen) atoms. The molecule has 0 bridgehead atoms. The van der Waals surface area contributed by atoms with Gasteiger partial charge in [-0.1, -0.05) is 12.1 Å². The molecule has 6 heteroatoms. The summed E-state index contributed by atoms with van der Waals surface area (Å²) in [6.45, 7) is 0. The minimum atomic E-state index is -0.574. The largest absolute Gasteiger partial charge is 0.497 e. The van der Waals surface area contributed by atoms with Gasteiger partial charge in [0.1, 0.15) is 23.3 Å². The number of nitrogens with two attached hydrogens (primary N) is 1. The molecule has 1 amide bonds. The lowest BCUT2D eigenvalue weighted by molar-refractivity contribution is -0.126. The van der Waals surface area contributed by atoms with Crippen LogP contribution in [0.1, 0.15) is 11.6 Å². The van der Waals surface area contributed by atoms with Gasteiger partial charge in [0.2, 0.25) is 5.91 Å². The van der Waals surface area contributed by atoms with Crippen LogP contribution in [0.25, 0.3) is 0 Å². The number of amides is 1. The van der Waals surface area contributed by atoms with Gasteiger partial charge in [-0.15, -0.1) is 0 Å². The van der Waals surface area contributed by atoms with Gasteiger partial charge in [0, 0.05) is 18.2 Å². The van der Waals surface area contributed by atoms with E-state index < -0.39 is 6.04 Å². The first-order chi connectivity index (χ1) is 11.6. The summed E-state index contributed by atoms with van der Waals surface area (Å²) in [5, 5.41) is 0. The van der Waals surface area contributed by atoms with Crippen molar-refractivity contribution in [2.24, 2.45) is 5.73 Å². The highest BCUT2D eigenvalue weighted by atomic mass is 16.5. The average molecular weight is 328 g/mol. The Morgan fingerprint density at radius 1 is 0.875 bits per heavy atom. The van der Waals surface area contributed by atoms with Gasteiger partial charge in [0.15, 0.2) is 0 Å². The van der Waals surface area contributed by atoms with Crippen molar-refractivity contribution in [3.05, 3.63) is 48.0 Å². The summed E-state index contributed by atoms with van der Waals surface area (Å²) in [5.74, 6) is 1.86. The fourth-order valence-electron chi connectivity index (χ4n) is 2.89. The number of anilines is 1. The maximum Gasteiger partial charge on any atom is 0.247 e. The van der Waals surface area contributed by atoms with Crippen molar-refractivity contribution >= 4 is 11.6 Å². The van der Waals surface area contributed by atoms with E-state index in [1.807, 2.05) is 24.3 Å². The fraction of sp³-hybridized carbons (Fsp3) is 0.278. The number of hydrogen-bond donors (Lipinski definition) is 1. The number of nitrogens with zero attached hydrogens (tertiary/aromatic N) is 1. The lowest BCUT2D eigenvalue weighted by Crippen LogP contribution is -2.63. The molecule has 0 radical (unpaired) electrons. The molecule has 0 spiro atoms. The monoisotopic (exact) mass is 328 g/mol. The van der Waals surface area contributed by atoms with E-state index in [4.69, 9.17) is 19.9 Å². The molecule has 126 valence electrons. The molecule has 2 unspecified atom stereocenters. The number of methoxy groups -OCH3 is 3. The van der Waals surface area contributed by atoms with Crippen molar-refractivity contribution in [2.75, 3.05) is 26.2 Å². The van der Waals surface area contributed by atoms with E-state index >= 15 is 0 Å². The van der Waals surface area contributed by atoms with E-state index in [2.05, 4.69) is 0 Å². The number of carbonyl (C=O) groups excluding carboxylic acids is 1. The summed E-state index contributed by atoms with van der Waals surface area (Å²) in [4.78, 5) is 14.0. The molecule has 6 nitrogen and oxygen atoms in total. The van der Waals surface area contributed by atoms with Gasteiger partial charge in [0.05, 0.1) is 33.1 Å². The van der Waals surface area contributed by atoms with Crippen LogP contribution < -0.4 is 24.8 Å². The highest BCUT2D eigenvalue weighted by Crippen LogP contribution is 2.41. The van der Waals surface area contributed by atoms with Gasteiger partial charge >= 0.3 is 0 Å².